The molecule has 0 radical (unpaired) electrons. The van der Waals surface area contributed by atoms with Crippen LogP contribution in [0, 0.1) is 0 Å². The van der Waals surface area contributed by atoms with Crippen LogP contribution in [0.4, 0.5) is 0 Å². The fourth-order valence-corrected chi connectivity index (χ4v) is 4.60. The average Bonchev–Trinajstić information content (AvgIpc) is 3.14. The molecule has 0 N–H and O–H groups in total. The van der Waals surface area contributed by atoms with Crippen molar-refractivity contribution >= 4 is 28.5 Å². The number of nitrogens with zero attached hydrogens (tertiary/aromatic N) is 1. The van der Waals surface area contributed by atoms with Crippen molar-refractivity contribution in [2.45, 2.75) is 12.5 Å². The molecule has 0 fully saturated rings. The van der Waals surface area contributed by atoms with Gasteiger partial charge in [0.25, 0.3) is 5.91 Å². The molecule has 1 atom stereocenters. The summed E-state index contributed by atoms with van der Waals surface area (Å²) in [6.07, 6.45) is 0.553. The Balaban J connectivity index is 1.57. The van der Waals surface area contributed by atoms with Crippen molar-refractivity contribution in [3.05, 3.63) is 104 Å². The molecule has 6 nitrogen and oxygen atoms in total. The number of para-hydroxylation sites is 1. The molecule has 0 aliphatic carbocycles. The molecule has 0 unspecified atom stereocenters. The number of hydrogen-bond acceptors (Lipinski definition) is 5. The van der Waals surface area contributed by atoms with Crippen molar-refractivity contribution in [1.82, 2.24) is 4.90 Å². The molecule has 1 amide bonds. The Kier molecular flexibility index (Phi) is 5.75. The highest BCUT2D eigenvalue weighted by Gasteiger charge is 2.42. The van der Waals surface area contributed by atoms with Crippen LogP contribution in [0.25, 0.3) is 11.0 Å². The average molecular weight is 476 g/mol. The lowest BCUT2D eigenvalue weighted by Crippen LogP contribution is -2.31. The largest absolute Gasteiger partial charge is 0.493 e. The molecule has 0 saturated heterocycles. The number of carbonyl (C=O) groups excluding carboxylic acids is 1. The Morgan fingerprint density at radius 3 is 2.41 bits per heavy atom. The minimum atomic E-state index is -0.569. The maximum Gasteiger partial charge on any atom is 0.290 e. The maximum atomic E-state index is 13.5. The lowest BCUT2D eigenvalue weighted by atomic mass is 9.98. The van der Waals surface area contributed by atoms with Crippen LogP contribution >= 0.6 is 11.6 Å². The predicted molar refractivity (Wildman–Crippen MR) is 130 cm³/mol. The number of hydrogen-bond donors (Lipinski definition) is 0. The smallest absolute Gasteiger partial charge is 0.290 e. The Hall–Kier alpha value is -3.77. The molecule has 1 aromatic heterocycles. The number of rotatable bonds is 6. The number of benzene rings is 3. The second-order valence-electron chi connectivity index (χ2n) is 8.06. The van der Waals surface area contributed by atoms with E-state index in [1.54, 1.807) is 55.5 Å². The SMILES string of the molecule is COc1ccc(CCN2C(=O)c3oc4ccccc4c(=O)c3[C@@H]2c2ccc(Cl)cc2)cc1OC. The number of halogens is 1. The van der Waals surface area contributed by atoms with Crippen molar-refractivity contribution in [2.75, 3.05) is 20.8 Å². The minimum absolute atomic E-state index is 0.0935. The first kappa shape index (κ1) is 22.0. The van der Waals surface area contributed by atoms with Crippen LogP contribution in [0.2, 0.25) is 5.02 Å². The zero-order valence-corrected chi connectivity index (χ0v) is 19.5. The molecule has 5 rings (SSSR count). The fraction of sp³-hybridized carbons (Fsp3) is 0.185. The predicted octanol–water partition coefficient (Wildman–Crippen LogP) is 5.25. The van der Waals surface area contributed by atoms with Gasteiger partial charge in [-0.15, -0.1) is 0 Å². The second-order valence-corrected chi connectivity index (χ2v) is 8.50. The molecule has 1 aliphatic heterocycles. The van der Waals surface area contributed by atoms with Gasteiger partial charge in [0, 0.05) is 11.6 Å². The van der Waals surface area contributed by atoms with Gasteiger partial charge < -0.3 is 18.8 Å². The summed E-state index contributed by atoms with van der Waals surface area (Å²) >= 11 is 6.10. The van der Waals surface area contributed by atoms with E-state index in [1.807, 2.05) is 30.3 Å². The summed E-state index contributed by atoms with van der Waals surface area (Å²) in [5.74, 6) is 1.04. The highest BCUT2D eigenvalue weighted by molar-refractivity contribution is 6.30. The van der Waals surface area contributed by atoms with E-state index in [1.165, 1.54) is 0 Å². The summed E-state index contributed by atoms with van der Waals surface area (Å²) in [5, 5.41) is 1.03. The van der Waals surface area contributed by atoms with Crippen LogP contribution in [0.1, 0.15) is 33.3 Å². The minimum Gasteiger partial charge on any atom is -0.493 e. The molecule has 4 aromatic rings. The van der Waals surface area contributed by atoms with Crippen molar-refractivity contribution in [2.24, 2.45) is 0 Å². The van der Waals surface area contributed by atoms with E-state index >= 15 is 0 Å². The number of methoxy groups -OCH3 is 2. The quantitative estimate of drug-likeness (QED) is 0.381. The number of ether oxygens (including phenoxy) is 2. The highest BCUT2D eigenvalue weighted by Crippen LogP contribution is 2.38. The van der Waals surface area contributed by atoms with Gasteiger partial charge >= 0.3 is 0 Å². The molecule has 0 spiro atoms. The van der Waals surface area contributed by atoms with Crippen molar-refractivity contribution < 1.29 is 18.7 Å². The van der Waals surface area contributed by atoms with Gasteiger partial charge in [-0.05, 0) is 53.9 Å². The summed E-state index contributed by atoms with van der Waals surface area (Å²) in [7, 11) is 3.17. The van der Waals surface area contributed by atoms with Gasteiger partial charge in [0.1, 0.15) is 5.58 Å². The zero-order chi connectivity index (χ0) is 23.8. The van der Waals surface area contributed by atoms with E-state index in [0.29, 0.717) is 46.0 Å². The standard InChI is InChI=1S/C27H22ClNO5/c1-32-21-12-7-16(15-22(21)33-2)13-14-29-24(17-8-10-18(28)11-9-17)23-25(30)19-5-3-4-6-20(19)34-26(23)27(29)31/h3-12,15,24H,13-14H2,1-2H3/t24-/m0/s1. The molecule has 1 aliphatic rings. The Bertz CT molecular complexity index is 1440. The summed E-state index contributed by atoms with van der Waals surface area (Å²) < 4.78 is 16.7. The molecule has 0 bridgehead atoms. The van der Waals surface area contributed by atoms with Crippen LogP contribution in [-0.2, 0) is 6.42 Å². The molecular weight excluding hydrogens is 454 g/mol. The van der Waals surface area contributed by atoms with Gasteiger partial charge in [-0.3, -0.25) is 9.59 Å². The molecule has 172 valence electrons. The lowest BCUT2D eigenvalue weighted by Gasteiger charge is -2.25. The first-order valence-electron chi connectivity index (χ1n) is 10.8. The lowest BCUT2D eigenvalue weighted by molar-refractivity contribution is 0.0730. The van der Waals surface area contributed by atoms with Crippen LogP contribution in [0.15, 0.2) is 75.9 Å². The van der Waals surface area contributed by atoms with Gasteiger partial charge in [-0.2, -0.15) is 0 Å². The Labute approximate surface area is 201 Å². The van der Waals surface area contributed by atoms with E-state index in [2.05, 4.69) is 0 Å². The molecule has 0 saturated carbocycles. The van der Waals surface area contributed by atoms with Crippen molar-refractivity contribution in [1.29, 1.82) is 0 Å². The molecule has 3 aromatic carbocycles. The second kappa shape index (κ2) is 8.88. The molecule has 34 heavy (non-hydrogen) atoms. The van der Waals surface area contributed by atoms with Crippen molar-refractivity contribution in [3.8, 4) is 11.5 Å². The van der Waals surface area contributed by atoms with Crippen LogP contribution < -0.4 is 14.9 Å². The van der Waals surface area contributed by atoms with Gasteiger partial charge in [-0.25, -0.2) is 0 Å². The van der Waals surface area contributed by atoms with E-state index < -0.39 is 6.04 Å². The van der Waals surface area contributed by atoms with Crippen LogP contribution in [0.5, 0.6) is 11.5 Å². The summed E-state index contributed by atoms with van der Waals surface area (Å²) in [4.78, 5) is 28.7. The van der Waals surface area contributed by atoms with E-state index in [0.717, 1.165) is 11.1 Å². The number of carbonyl (C=O) groups is 1. The number of fused-ring (bicyclic) bond motifs is 2. The normalized spacial score (nSPS) is 15.0. The summed E-state index contributed by atoms with van der Waals surface area (Å²) in [6.45, 7) is 0.377. The fourth-order valence-electron chi connectivity index (χ4n) is 4.48. The van der Waals surface area contributed by atoms with Crippen LogP contribution in [-0.4, -0.2) is 31.6 Å². The van der Waals surface area contributed by atoms with E-state index in [9.17, 15) is 9.59 Å². The van der Waals surface area contributed by atoms with Crippen LogP contribution in [0.3, 0.4) is 0 Å². The molecular formula is C27H22ClNO5. The zero-order valence-electron chi connectivity index (χ0n) is 18.7. The highest BCUT2D eigenvalue weighted by atomic mass is 35.5. The Morgan fingerprint density at radius 2 is 1.68 bits per heavy atom. The van der Waals surface area contributed by atoms with Gasteiger partial charge in [0.05, 0.1) is 31.2 Å². The maximum absolute atomic E-state index is 13.5. The summed E-state index contributed by atoms with van der Waals surface area (Å²) in [6, 6.07) is 19.3. The topological polar surface area (TPSA) is 69.0 Å². The van der Waals surface area contributed by atoms with Gasteiger partial charge in [-0.1, -0.05) is 41.9 Å². The monoisotopic (exact) mass is 475 g/mol. The summed E-state index contributed by atoms with van der Waals surface area (Å²) in [5.41, 5.74) is 2.33. The third kappa shape index (κ3) is 3.70. The number of amides is 1. The Morgan fingerprint density at radius 1 is 0.941 bits per heavy atom. The van der Waals surface area contributed by atoms with Gasteiger partial charge in [0.2, 0.25) is 5.76 Å². The molecule has 2 heterocycles. The third-order valence-corrected chi connectivity index (χ3v) is 6.40. The first-order valence-corrected chi connectivity index (χ1v) is 11.2. The third-order valence-electron chi connectivity index (χ3n) is 6.15. The van der Waals surface area contributed by atoms with E-state index in [4.69, 9.17) is 25.5 Å². The van der Waals surface area contributed by atoms with Gasteiger partial charge in [0.15, 0.2) is 16.9 Å². The van der Waals surface area contributed by atoms with E-state index in [-0.39, 0.29) is 17.1 Å². The molecule has 7 heteroatoms. The first-order chi connectivity index (χ1) is 16.5. The van der Waals surface area contributed by atoms with Crippen molar-refractivity contribution in [3.63, 3.8) is 0 Å².